The maximum absolute atomic E-state index is 6.29. The minimum Gasteiger partial charge on any atom is -0.292 e. The second-order valence-electron chi connectivity index (χ2n) is 4.32. The molecule has 7 heteroatoms. The highest BCUT2D eigenvalue weighted by Crippen LogP contribution is 2.35. The molecule has 0 aliphatic heterocycles. The standard InChI is InChI=1S/C14H7Cl5N2/c15-6-13-20-11-4-9(18)10(19)5-12(11)21(13)14-7(16)2-1-3-8(14)17/h1-5H,6H2. The third-order valence-electron chi connectivity index (χ3n) is 3.05. The highest BCUT2D eigenvalue weighted by atomic mass is 35.5. The minimum absolute atomic E-state index is 0.200. The third-order valence-corrected chi connectivity index (χ3v) is 4.62. The van der Waals surface area contributed by atoms with Gasteiger partial charge in [-0.15, -0.1) is 11.6 Å². The van der Waals surface area contributed by atoms with Gasteiger partial charge in [-0.2, -0.15) is 0 Å². The third kappa shape index (κ3) is 2.60. The Hall–Kier alpha value is -0.640. The first-order valence-corrected chi connectivity index (χ1v) is 7.94. The van der Waals surface area contributed by atoms with Crippen LogP contribution in [-0.2, 0) is 5.88 Å². The molecular weight excluding hydrogens is 373 g/mol. The Balaban J connectivity index is 2.43. The molecule has 1 heterocycles. The number of halogens is 5. The molecule has 0 saturated heterocycles. The number of aromatic nitrogens is 2. The SMILES string of the molecule is ClCc1nc2cc(Cl)c(Cl)cc2n1-c1c(Cl)cccc1Cl. The summed E-state index contributed by atoms with van der Waals surface area (Å²) >= 11 is 30.7. The molecule has 2 nitrogen and oxygen atoms in total. The van der Waals surface area contributed by atoms with E-state index in [4.69, 9.17) is 58.0 Å². The van der Waals surface area contributed by atoms with Gasteiger partial charge in [0, 0.05) is 0 Å². The van der Waals surface area contributed by atoms with Gasteiger partial charge in [-0.25, -0.2) is 4.98 Å². The van der Waals surface area contributed by atoms with Gasteiger partial charge >= 0.3 is 0 Å². The van der Waals surface area contributed by atoms with Crippen LogP contribution >= 0.6 is 58.0 Å². The summed E-state index contributed by atoms with van der Waals surface area (Å²) in [5.41, 5.74) is 2.04. The second kappa shape index (κ2) is 5.86. The van der Waals surface area contributed by atoms with Crippen molar-refractivity contribution in [2.75, 3.05) is 0 Å². The lowest BCUT2D eigenvalue weighted by Crippen LogP contribution is -2.01. The van der Waals surface area contributed by atoms with Gasteiger partial charge < -0.3 is 0 Å². The molecule has 0 aliphatic carbocycles. The number of para-hydroxylation sites is 1. The maximum atomic E-state index is 6.29. The van der Waals surface area contributed by atoms with Gasteiger partial charge in [0.2, 0.25) is 0 Å². The van der Waals surface area contributed by atoms with Crippen LogP contribution in [0, 0.1) is 0 Å². The zero-order valence-electron chi connectivity index (χ0n) is 10.4. The zero-order valence-corrected chi connectivity index (χ0v) is 14.2. The first kappa shape index (κ1) is 15.3. The molecule has 0 bridgehead atoms. The van der Waals surface area contributed by atoms with Crippen molar-refractivity contribution in [3.63, 3.8) is 0 Å². The van der Waals surface area contributed by atoms with Crippen LogP contribution in [-0.4, -0.2) is 9.55 Å². The van der Waals surface area contributed by atoms with E-state index < -0.39 is 0 Å². The van der Waals surface area contributed by atoms with E-state index in [1.165, 1.54) is 0 Å². The summed E-state index contributed by atoms with van der Waals surface area (Å²) in [6, 6.07) is 8.70. The summed E-state index contributed by atoms with van der Waals surface area (Å²) in [7, 11) is 0. The number of nitrogens with zero attached hydrogens (tertiary/aromatic N) is 2. The summed E-state index contributed by atoms with van der Waals surface area (Å²) in [4.78, 5) is 4.46. The molecular formula is C14H7Cl5N2. The molecule has 0 amide bonds. The van der Waals surface area contributed by atoms with E-state index in [1.54, 1.807) is 34.9 Å². The first-order valence-electron chi connectivity index (χ1n) is 5.89. The van der Waals surface area contributed by atoms with Crippen LogP contribution in [0.15, 0.2) is 30.3 Å². The highest BCUT2D eigenvalue weighted by molar-refractivity contribution is 6.42. The fourth-order valence-corrected chi connectivity index (χ4v) is 3.23. The zero-order chi connectivity index (χ0) is 15.1. The molecule has 0 unspecified atom stereocenters. The van der Waals surface area contributed by atoms with Crippen LogP contribution in [0.2, 0.25) is 20.1 Å². The molecule has 0 fully saturated rings. The lowest BCUT2D eigenvalue weighted by molar-refractivity contribution is 0.982. The summed E-state index contributed by atoms with van der Waals surface area (Å²) in [6.45, 7) is 0. The second-order valence-corrected chi connectivity index (χ2v) is 6.22. The van der Waals surface area contributed by atoms with Crippen molar-refractivity contribution >= 4 is 69.0 Å². The summed E-state index contributed by atoms with van der Waals surface area (Å²) in [6.07, 6.45) is 0. The molecule has 108 valence electrons. The molecule has 3 rings (SSSR count). The monoisotopic (exact) mass is 378 g/mol. The van der Waals surface area contributed by atoms with Gasteiger partial charge in [-0.05, 0) is 24.3 Å². The van der Waals surface area contributed by atoms with Crippen molar-refractivity contribution in [3.05, 3.63) is 56.2 Å². The van der Waals surface area contributed by atoms with E-state index in [-0.39, 0.29) is 5.88 Å². The minimum atomic E-state index is 0.200. The van der Waals surface area contributed by atoms with Crippen LogP contribution in [0.5, 0.6) is 0 Å². The molecule has 2 aromatic carbocycles. The largest absolute Gasteiger partial charge is 0.292 e. The van der Waals surface area contributed by atoms with E-state index in [9.17, 15) is 0 Å². The molecule has 21 heavy (non-hydrogen) atoms. The van der Waals surface area contributed by atoms with Crippen LogP contribution in [0.4, 0.5) is 0 Å². The van der Waals surface area contributed by atoms with Gasteiger partial charge in [0.15, 0.2) is 0 Å². The van der Waals surface area contributed by atoms with Gasteiger partial charge in [0.25, 0.3) is 0 Å². The summed E-state index contributed by atoms with van der Waals surface area (Å²) in [5, 5.41) is 1.85. The first-order chi connectivity index (χ1) is 10.0. The summed E-state index contributed by atoms with van der Waals surface area (Å²) < 4.78 is 1.80. The van der Waals surface area contributed by atoms with Crippen molar-refractivity contribution in [1.29, 1.82) is 0 Å². The lowest BCUT2D eigenvalue weighted by atomic mass is 10.2. The average Bonchev–Trinajstić information content (AvgIpc) is 2.77. The van der Waals surface area contributed by atoms with Crippen molar-refractivity contribution in [3.8, 4) is 5.69 Å². The molecule has 1 aromatic heterocycles. The number of imidazole rings is 1. The van der Waals surface area contributed by atoms with E-state index in [0.717, 1.165) is 5.52 Å². The molecule has 0 N–H and O–H groups in total. The van der Waals surface area contributed by atoms with E-state index in [2.05, 4.69) is 4.98 Å². The number of fused-ring (bicyclic) bond motifs is 1. The summed E-state index contributed by atoms with van der Waals surface area (Å²) in [5.74, 6) is 0.811. The fourth-order valence-electron chi connectivity index (χ4n) is 2.16. The molecule has 0 radical (unpaired) electrons. The van der Waals surface area contributed by atoms with Crippen LogP contribution < -0.4 is 0 Å². The molecule has 0 saturated carbocycles. The maximum Gasteiger partial charge on any atom is 0.129 e. The highest BCUT2D eigenvalue weighted by Gasteiger charge is 2.18. The van der Waals surface area contributed by atoms with Crippen molar-refractivity contribution in [1.82, 2.24) is 9.55 Å². The van der Waals surface area contributed by atoms with Crippen LogP contribution in [0.25, 0.3) is 16.7 Å². The van der Waals surface area contributed by atoms with Crippen molar-refractivity contribution < 1.29 is 0 Å². The van der Waals surface area contributed by atoms with E-state index >= 15 is 0 Å². The van der Waals surface area contributed by atoms with Crippen LogP contribution in [0.1, 0.15) is 5.82 Å². The number of alkyl halides is 1. The number of hydrogen-bond acceptors (Lipinski definition) is 1. The van der Waals surface area contributed by atoms with Crippen molar-refractivity contribution in [2.45, 2.75) is 5.88 Å². The Morgan fingerprint density at radius 1 is 0.905 bits per heavy atom. The van der Waals surface area contributed by atoms with Gasteiger partial charge in [-0.1, -0.05) is 52.5 Å². The Morgan fingerprint density at radius 2 is 1.52 bits per heavy atom. The lowest BCUT2D eigenvalue weighted by Gasteiger charge is -2.12. The molecule has 0 aliphatic rings. The predicted octanol–water partition coefficient (Wildman–Crippen LogP) is 6.38. The molecule has 0 spiro atoms. The number of benzene rings is 2. The quantitative estimate of drug-likeness (QED) is 0.472. The Labute approximate surface area is 146 Å². The Kier molecular flexibility index (Phi) is 4.26. The van der Waals surface area contributed by atoms with Gasteiger partial charge in [0.1, 0.15) is 5.82 Å². The van der Waals surface area contributed by atoms with E-state index in [0.29, 0.717) is 37.1 Å². The number of rotatable bonds is 2. The van der Waals surface area contributed by atoms with Gasteiger partial charge in [0.05, 0.1) is 42.7 Å². The van der Waals surface area contributed by atoms with Crippen molar-refractivity contribution in [2.24, 2.45) is 0 Å². The predicted molar refractivity (Wildman–Crippen MR) is 90.7 cm³/mol. The topological polar surface area (TPSA) is 17.8 Å². The van der Waals surface area contributed by atoms with Gasteiger partial charge in [-0.3, -0.25) is 4.57 Å². The Bertz CT molecular complexity index is 821. The molecule has 3 aromatic rings. The number of hydrogen-bond donors (Lipinski definition) is 0. The average molecular weight is 380 g/mol. The molecule has 0 atom stereocenters. The van der Waals surface area contributed by atoms with E-state index in [1.807, 2.05) is 0 Å². The van der Waals surface area contributed by atoms with Crippen LogP contribution in [0.3, 0.4) is 0 Å². The smallest absolute Gasteiger partial charge is 0.129 e. The Morgan fingerprint density at radius 3 is 2.14 bits per heavy atom. The normalized spacial score (nSPS) is 11.3. The fraction of sp³-hybridized carbons (Fsp3) is 0.0714.